The van der Waals surface area contributed by atoms with Crippen molar-refractivity contribution in [3.8, 4) is 11.5 Å². The normalized spacial score (nSPS) is 13.1. The summed E-state index contributed by atoms with van der Waals surface area (Å²) in [7, 11) is 0. The van der Waals surface area contributed by atoms with Crippen molar-refractivity contribution < 1.29 is 28.6 Å². The van der Waals surface area contributed by atoms with Crippen molar-refractivity contribution in [2.24, 2.45) is 0 Å². The van der Waals surface area contributed by atoms with Crippen LogP contribution in [0.5, 0.6) is 11.5 Å². The van der Waals surface area contributed by atoms with Crippen LogP contribution in [0.2, 0.25) is 0 Å². The van der Waals surface area contributed by atoms with Crippen molar-refractivity contribution in [1.29, 1.82) is 0 Å². The number of carbonyl (C=O) groups is 3. The third-order valence-electron chi connectivity index (χ3n) is 3.19. The van der Waals surface area contributed by atoms with Gasteiger partial charge >= 0.3 is 12.0 Å². The van der Waals surface area contributed by atoms with Crippen LogP contribution >= 0.6 is 0 Å². The van der Waals surface area contributed by atoms with Gasteiger partial charge in [-0.15, -0.1) is 0 Å². The summed E-state index contributed by atoms with van der Waals surface area (Å²) < 4.78 is 15.1. The molecule has 0 spiro atoms. The fourth-order valence-electron chi connectivity index (χ4n) is 1.76. The van der Waals surface area contributed by atoms with E-state index in [1.165, 1.54) is 12.1 Å². The Morgan fingerprint density at radius 1 is 1.26 bits per heavy atom. The van der Waals surface area contributed by atoms with Gasteiger partial charge in [-0.3, -0.25) is 10.1 Å². The molecule has 1 aromatic rings. The minimum Gasteiger partial charge on any atom is -0.454 e. The van der Waals surface area contributed by atoms with Gasteiger partial charge in [-0.1, -0.05) is 6.92 Å². The monoisotopic (exact) mass is 322 g/mol. The number of amides is 3. The van der Waals surface area contributed by atoms with Gasteiger partial charge in [0.2, 0.25) is 6.79 Å². The van der Waals surface area contributed by atoms with Crippen molar-refractivity contribution in [3.05, 3.63) is 23.8 Å². The molecule has 1 aliphatic rings. The first-order chi connectivity index (χ1) is 11.0. The number of benzene rings is 1. The summed E-state index contributed by atoms with van der Waals surface area (Å²) in [6.45, 7) is 3.26. The molecule has 0 saturated heterocycles. The summed E-state index contributed by atoms with van der Waals surface area (Å²) in [6.07, 6.45) is 0.737. The molecule has 1 heterocycles. The van der Waals surface area contributed by atoms with Crippen molar-refractivity contribution in [2.45, 2.75) is 26.3 Å². The molecular weight excluding hydrogens is 304 g/mol. The highest BCUT2D eigenvalue weighted by Gasteiger charge is 2.18. The maximum absolute atomic E-state index is 11.9. The Bertz CT molecular complexity index is 616. The lowest BCUT2D eigenvalue weighted by atomic mass is 10.2. The predicted molar refractivity (Wildman–Crippen MR) is 79.3 cm³/mol. The highest BCUT2D eigenvalue weighted by molar-refractivity contribution is 5.97. The Balaban J connectivity index is 1.80. The highest BCUT2D eigenvalue weighted by Crippen LogP contribution is 2.32. The first kappa shape index (κ1) is 16.6. The van der Waals surface area contributed by atoms with Gasteiger partial charge in [-0.25, -0.2) is 9.59 Å². The topological polar surface area (TPSA) is 103 Å². The Labute approximate surface area is 133 Å². The second-order valence-corrected chi connectivity index (χ2v) is 4.98. The number of hydrogen-bond donors (Lipinski definition) is 2. The van der Waals surface area contributed by atoms with Crippen LogP contribution in [0.3, 0.4) is 0 Å². The average Bonchev–Trinajstić information content (AvgIpc) is 2.99. The van der Waals surface area contributed by atoms with Gasteiger partial charge in [0.25, 0.3) is 5.91 Å². The third kappa shape index (κ3) is 4.60. The smallest absolute Gasteiger partial charge is 0.338 e. The van der Waals surface area contributed by atoms with E-state index >= 15 is 0 Å². The van der Waals surface area contributed by atoms with Crippen molar-refractivity contribution in [3.63, 3.8) is 0 Å². The fraction of sp³-hybridized carbons (Fsp3) is 0.400. The Morgan fingerprint density at radius 3 is 2.74 bits per heavy atom. The van der Waals surface area contributed by atoms with Crippen molar-refractivity contribution >= 4 is 17.9 Å². The van der Waals surface area contributed by atoms with E-state index in [0.29, 0.717) is 11.5 Å². The van der Waals surface area contributed by atoms with Crippen LogP contribution in [-0.2, 0) is 9.53 Å². The van der Waals surface area contributed by atoms with Crippen LogP contribution in [0.25, 0.3) is 0 Å². The van der Waals surface area contributed by atoms with E-state index in [1.807, 2.05) is 13.8 Å². The van der Waals surface area contributed by atoms with Gasteiger partial charge in [0.1, 0.15) is 0 Å². The first-order valence-corrected chi connectivity index (χ1v) is 7.16. The number of fused-ring (bicyclic) bond motifs is 1. The van der Waals surface area contributed by atoms with Crippen molar-refractivity contribution in [2.75, 3.05) is 13.4 Å². The Hall–Kier alpha value is -2.77. The maximum Gasteiger partial charge on any atom is 0.338 e. The van der Waals surface area contributed by atoms with Gasteiger partial charge in [-0.05, 0) is 31.5 Å². The van der Waals surface area contributed by atoms with E-state index in [0.717, 1.165) is 6.42 Å². The van der Waals surface area contributed by atoms with E-state index in [-0.39, 0.29) is 18.4 Å². The summed E-state index contributed by atoms with van der Waals surface area (Å²) in [5.74, 6) is -0.418. The number of nitrogens with one attached hydrogen (secondary N) is 2. The van der Waals surface area contributed by atoms with Crippen LogP contribution in [0, 0.1) is 0 Å². The quantitative estimate of drug-likeness (QED) is 0.790. The molecule has 0 aliphatic carbocycles. The van der Waals surface area contributed by atoms with E-state index in [4.69, 9.17) is 14.2 Å². The zero-order valence-electron chi connectivity index (χ0n) is 12.9. The summed E-state index contributed by atoms with van der Waals surface area (Å²) in [5, 5.41) is 4.65. The molecular formula is C15H18N2O6. The van der Waals surface area contributed by atoms with Gasteiger partial charge in [0, 0.05) is 6.04 Å². The number of rotatable bonds is 5. The molecule has 0 unspecified atom stereocenters. The zero-order chi connectivity index (χ0) is 16.8. The second-order valence-electron chi connectivity index (χ2n) is 4.98. The number of hydrogen-bond acceptors (Lipinski definition) is 6. The molecule has 0 radical (unpaired) electrons. The summed E-state index contributed by atoms with van der Waals surface area (Å²) in [6, 6.07) is 3.88. The standard InChI is InChI=1S/C15H18N2O6/c1-3-9(2)16-15(20)17-13(18)7-21-14(19)10-4-5-11-12(6-10)23-8-22-11/h4-6,9H,3,7-8H2,1-2H3,(H2,16,17,18,20)/t9-/m0/s1. The maximum atomic E-state index is 11.9. The van der Waals surface area contributed by atoms with Crippen LogP contribution in [0.4, 0.5) is 4.79 Å². The SMILES string of the molecule is CC[C@H](C)NC(=O)NC(=O)COC(=O)c1ccc2c(c1)OCO2. The minimum atomic E-state index is -0.708. The van der Waals surface area contributed by atoms with Gasteiger partial charge in [-0.2, -0.15) is 0 Å². The largest absolute Gasteiger partial charge is 0.454 e. The van der Waals surface area contributed by atoms with E-state index in [1.54, 1.807) is 6.07 Å². The summed E-state index contributed by atoms with van der Waals surface area (Å²) in [5.41, 5.74) is 0.228. The number of urea groups is 1. The average molecular weight is 322 g/mol. The van der Waals surface area contributed by atoms with E-state index in [9.17, 15) is 14.4 Å². The third-order valence-corrected chi connectivity index (χ3v) is 3.19. The lowest BCUT2D eigenvalue weighted by Gasteiger charge is -2.11. The molecule has 8 heteroatoms. The Kier molecular flexibility index (Phi) is 5.40. The number of esters is 1. The predicted octanol–water partition coefficient (Wildman–Crippen LogP) is 1.20. The molecule has 0 fully saturated rings. The molecule has 23 heavy (non-hydrogen) atoms. The molecule has 2 N–H and O–H groups in total. The number of ether oxygens (including phenoxy) is 3. The lowest BCUT2D eigenvalue weighted by Crippen LogP contribution is -2.44. The van der Waals surface area contributed by atoms with Crippen LogP contribution in [-0.4, -0.2) is 37.3 Å². The van der Waals surface area contributed by atoms with Gasteiger partial charge < -0.3 is 19.5 Å². The fourth-order valence-corrected chi connectivity index (χ4v) is 1.76. The number of carbonyl (C=O) groups excluding carboxylic acids is 3. The molecule has 2 rings (SSSR count). The van der Waals surface area contributed by atoms with Gasteiger partial charge in [0.15, 0.2) is 18.1 Å². The summed E-state index contributed by atoms with van der Waals surface area (Å²) in [4.78, 5) is 34.9. The molecule has 1 aromatic carbocycles. The molecule has 0 saturated carbocycles. The molecule has 0 bridgehead atoms. The highest BCUT2D eigenvalue weighted by atomic mass is 16.7. The number of imide groups is 1. The van der Waals surface area contributed by atoms with Crippen LogP contribution in [0.1, 0.15) is 30.6 Å². The molecule has 1 aliphatic heterocycles. The zero-order valence-corrected chi connectivity index (χ0v) is 12.9. The van der Waals surface area contributed by atoms with E-state index < -0.39 is 24.5 Å². The molecule has 0 aromatic heterocycles. The van der Waals surface area contributed by atoms with Crippen LogP contribution in [0.15, 0.2) is 18.2 Å². The van der Waals surface area contributed by atoms with Crippen LogP contribution < -0.4 is 20.1 Å². The minimum absolute atomic E-state index is 0.0565. The molecule has 3 amide bonds. The van der Waals surface area contributed by atoms with Gasteiger partial charge in [0.05, 0.1) is 5.56 Å². The summed E-state index contributed by atoms with van der Waals surface area (Å²) >= 11 is 0. The first-order valence-electron chi connectivity index (χ1n) is 7.16. The molecule has 1 atom stereocenters. The van der Waals surface area contributed by atoms with E-state index in [2.05, 4.69) is 10.6 Å². The Morgan fingerprint density at radius 2 is 2.00 bits per heavy atom. The molecule has 124 valence electrons. The molecule has 8 nitrogen and oxygen atoms in total. The van der Waals surface area contributed by atoms with Crippen molar-refractivity contribution in [1.82, 2.24) is 10.6 Å². The second kappa shape index (κ2) is 7.48. The lowest BCUT2D eigenvalue weighted by molar-refractivity contribution is -0.123.